The van der Waals surface area contributed by atoms with Crippen LogP contribution in [-0.2, 0) is 4.79 Å². The lowest BCUT2D eigenvalue weighted by Gasteiger charge is -2.10. The lowest BCUT2D eigenvalue weighted by molar-refractivity contribution is -0.111. The maximum atomic E-state index is 12.2. The topological polar surface area (TPSA) is 80.6 Å². The Kier molecular flexibility index (Phi) is 6.63. The second-order valence-electron chi connectivity index (χ2n) is 5.19. The number of nitrogens with zero attached hydrogens (tertiary/aromatic N) is 1. The van der Waals surface area contributed by atoms with Gasteiger partial charge in [0.15, 0.2) is 11.5 Å². The van der Waals surface area contributed by atoms with Gasteiger partial charge in [-0.05, 0) is 48.9 Å². The molecule has 2 rings (SSSR count). The van der Waals surface area contributed by atoms with Crippen LogP contribution >= 0.6 is 0 Å². The molecular weight excluding hydrogens is 332 g/mol. The van der Waals surface area contributed by atoms with Crippen LogP contribution in [0.1, 0.15) is 18.1 Å². The second kappa shape index (κ2) is 9.14. The molecule has 6 heteroatoms. The van der Waals surface area contributed by atoms with Crippen molar-refractivity contribution in [2.24, 2.45) is 0 Å². The Morgan fingerprint density at radius 3 is 2.50 bits per heavy atom. The largest absolute Gasteiger partial charge is 0.495 e. The van der Waals surface area contributed by atoms with Crippen LogP contribution in [0.3, 0.4) is 0 Å². The predicted molar refractivity (Wildman–Crippen MR) is 99.5 cm³/mol. The highest BCUT2D eigenvalue weighted by Crippen LogP contribution is 2.29. The quantitative estimate of drug-likeness (QED) is 0.770. The number of ether oxygens (including phenoxy) is 3. The summed E-state index contributed by atoms with van der Waals surface area (Å²) in [7, 11) is 3.06. The minimum absolute atomic E-state index is 0.341. The second-order valence-corrected chi connectivity index (χ2v) is 5.19. The van der Waals surface area contributed by atoms with Crippen molar-refractivity contribution in [3.05, 3.63) is 53.6 Å². The molecule has 2 aromatic carbocycles. The van der Waals surface area contributed by atoms with Crippen molar-refractivity contribution in [3.63, 3.8) is 0 Å². The maximum absolute atomic E-state index is 12.2. The predicted octanol–water partition coefficient (Wildman–Crippen LogP) is 3.63. The van der Waals surface area contributed by atoms with E-state index in [2.05, 4.69) is 5.32 Å². The van der Waals surface area contributed by atoms with Crippen molar-refractivity contribution in [3.8, 4) is 23.3 Å². The third-order valence-corrected chi connectivity index (χ3v) is 3.50. The van der Waals surface area contributed by atoms with Gasteiger partial charge in [0.05, 0.1) is 38.1 Å². The molecule has 0 heterocycles. The number of hydrogen-bond donors (Lipinski definition) is 1. The van der Waals surface area contributed by atoms with Crippen LogP contribution in [0, 0.1) is 11.3 Å². The van der Waals surface area contributed by atoms with Crippen LogP contribution in [0.4, 0.5) is 5.69 Å². The number of anilines is 1. The molecule has 0 saturated heterocycles. The number of rotatable bonds is 7. The molecule has 0 aliphatic rings. The number of amides is 1. The summed E-state index contributed by atoms with van der Waals surface area (Å²) in [5, 5.41) is 11.7. The number of methoxy groups -OCH3 is 2. The lowest BCUT2D eigenvalue weighted by atomic mass is 10.1. The summed E-state index contributed by atoms with van der Waals surface area (Å²) in [5.74, 6) is 1.38. The van der Waals surface area contributed by atoms with Gasteiger partial charge in [-0.1, -0.05) is 6.07 Å². The summed E-state index contributed by atoms with van der Waals surface area (Å²) >= 11 is 0. The molecule has 0 bridgehead atoms. The van der Waals surface area contributed by atoms with Crippen molar-refractivity contribution in [2.75, 3.05) is 26.1 Å². The third-order valence-electron chi connectivity index (χ3n) is 3.50. The van der Waals surface area contributed by atoms with E-state index in [1.165, 1.54) is 13.2 Å². The zero-order valence-corrected chi connectivity index (χ0v) is 14.9. The van der Waals surface area contributed by atoms with E-state index in [-0.39, 0.29) is 5.91 Å². The Hall–Kier alpha value is -3.46. The van der Waals surface area contributed by atoms with Gasteiger partial charge in [-0.25, -0.2) is 0 Å². The molecule has 1 N–H and O–H groups in total. The fourth-order valence-electron chi connectivity index (χ4n) is 2.28. The Balaban J connectivity index is 2.14. The minimum atomic E-state index is -0.341. The van der Waals surface area contributed by atoms with E-state index < -0.39 is 0 Å². The summed E-state index contributed by atoms with van der Waals surface area (Å²) < 4.78 is 16.0. The van der Waals surface area contributed by atoms with Crippen LogP contribution < -0.4 is 19.5 Å². The van der Waals surface area contributed by atoms with Crippen LogP contribution in [0.2, 0.25) is 0 Å². The number of benzene rings is 2. The van der Waals surface area contributed by atoms with Gasteiger partial charge >= 0.3 is 0 Å². The first kappa shape index (κ1) is 18.9. The van der Waals surface area contributed by atoms with Crippen molar-refractivity contribution in [1.82, 2.24) is 0 Å². The highest BCUT2D eigenvalue weighted by Gasteiger charge is 2.08. The molecule has 0 atom stereocenters. The standard InChI is InChI=1S/C20H20N2O4/c1-4-26-18-9-5-14(12-19(18)25-3)7-10-20(23)22-16-11-15(13-21)6-8-17(16)24-2/h5-12H,4H2,1-3H3,(H,22,23)/b10-7+. The molecule has 1 amide bonds. The molecular formula is C20H20N2O4. The molecule has 0 saturated carbocycles. The third kappa shape index (κ3) is 4.77. The smallest absolute Gasteiger partial charge is 0.248 e. The zero-order valence-electron chi connectivity index (χ0n) is 14.9. The summed E-state index contributed by atoms with van der Waals surface area (Å²) in [5.41, 5.74) is 1.66. The van der Waals surface area contributed by atoms with Crippen molar-refractivity contribution >= 4 is 17.7 Å². The molecule has 6 nitrogen and oxygen atoms in total. The van der Waals surface area contributed by atoms with Crippen LogP contribution in [0.5, 0.6) is 17.2 Å². The van der Waals surface area contributed by atoms with Crippen LogP contribution in [-0.4, -0.2) is 26.7 Å². The van der Waals surface area contributed by atoms with Crippen LogP contribution in [0.15, 0.2) is 42.5 Å². The van der Waals surface area contributed by atoms with Crippen LogP contribution in [0.25, 0.3) is 6.08 Å². The van der Waals surface area contributed by atoms with E-state index in [9.17, 15) is 4.79 Å². The molecule has 0 fully saturated rings. The summed E-state index contributed by atoms with van der Waals surface area (Å²) in [6.07, 6.45) is 3.06. The first-order valence-electron chi connectivity index (χ1n) is 7.99. The molecule has 2 aromatic rings. The van der Waals surface area contributed by atoms with Crippen molar-refractivity contribution in [2.45, 2.75) is 6.92 Å². The molecule has 134 valence electrons. The lowest BCUT2D eigenvalue weighted by Crippen LogP contribution is -2.09. The summed E-state index contributed by atoms with van der Waals surface area (Å²) in [4.78, 5) is 12.2. The normalized spacial score (nSPS) is 10.2. The fourth-order valence-corrected chi connectivity index (χ4v) is 2.28. The zero-order chi connectivity index (χ0) is 18.9. The van der Waals surface area contributed by atoms with E-state index in [0.717, 1.165) is 5.56 Å². The maximum Gasteiger partial charge on any atom is 0.248 e. The molecule has 0 aliphatic carbocycles. The van der Waals surface area contributed by atoms with E-state index in [4.69, 9.17) is 19.5 Å². The van der Waals surface area contributed by atoms with E-state index in [1.54, 1.807) is 43.5 Å². The average molecular weight is 352 g/mol. The Bertz CT molecular complexity index is 853. The molecule has 0 spiro atoms. The number of nitriles is 1. The van der Waals surface area contributed by atoms with Crippen molar-refractivity contribution < 1.29 is 19.0 Å². The summed E-state index contributed by atoms with van der Waals surface area (Å²) in [6, 6.07) is 12.2. The number of carbonyl (C=O) groups excluding carboxylic acids is 1. The number of hydrogen-bond acceptors (Lipinski definition) is 5. The monoisotopic (exact) mass is 352 g/mol. The van der Waals surface area contributed by atoms with Gasteiger partial charge in [0.2, 0.25) is 5.91 Å². The molecule has 26 heavy (non-hydrogen) atoms. The Morgan fingerprint density at radius 1 is 1.12 bits per heavy atom. The molecule has 0 aromatic heterocycles. The SMILES string of the molecule is CCOc1ccc(/C=C/C(=O)Nc2cc(C#N)ccc2OC)cc1OC. The highest BCUT2D eigenvalue weighted by molar-refractivity contribution is 6.02. The first-order valence-corrected chi connectivity index (χ1v) is 7.99. The first-order chi connectivity index (χ1) is 12.6. The van der Waals surface area contributed by atoms with Gasteiger partial charge in [-0.2, -0.15) is 5.26 Å². The molecule has 0 radical (unpaired) electrons. The number of carbonyl (C=O) groups is 1. The van der Waals surface area contributed by atoms with Gasteiger partial charge in [-0.15, -0.1) is 0 Å². The highest BCUT2D eigenvalue weighted by atomic mass is 16.5. The van der Waals surface area contributed by atoms with E-state index in [0.29, 0.717) is 35.1 Å². The summed E-state index contributed by atoms with van der Waals surface area (Å²) in [6.45, 7) is 2.44. The van der Waals surface area contributed by atoms with Gasteiger partial charge in [0.25, 0.3) is 0 Å². The van der Waals surface area contributed by atoms with Gasteiger partial charge in [0.1, 0.15) is 5.75 Å². The van der Waals surface area contributed by atoms with Gasteiger partial charge in [0, 0.05) is 6.08 Å². The van der Waals surface area contributed by atoms with E-state index in [1.807, 2.05) is 19.1 Å². The average Bonchev–Trinajstić information content (AvgIpc) is 2.67. The minimum Gasteiger partial charge on any atom is -0.495 e. The molecule has 0 aliphatic heterocycles. The van der Waals surface area contributed by atoms with E-state index >= 15 is 0 Å². The fraction of sp³-hybridized carbons (Fsp3) is 0.200. The number of nitrogens with one attached hydrogen (secondary N) is 1. The van der Waals surface area contributed by atoms with Crippen molar-refractivity contribution in [1.29, 1.82) is 5.26 Å². The van der Waals surface area contributed by atoms with Gasteiger partial charge < -0.3 is 19.5 Å². The van der Waals surface area contributed by atoms with Gasteiger partial charge in [-0.3, -0.25) is 4.79 Å². The molecule has 0 unspecified atom stereocenters. The Labute approximate surface area is 152 Å². The Morgan fingerprint density at radius 2 is 1.85 bits per heavy atom.